The van der Waals surface area contributed by atoms with Gasteiger partial charge in [-0.2, -0.15) is 0 Å². The Balaban J connectivity index is 2.57. The second kappa shape index (κ2) is 5.10. The van der Waals surface area contributed by atoms with Crippen molar-refractivity contribution >= 4 is 17.4 Å². The molecule has 1 heterocycles. The van der Waals surface area contributed by atoms with Gasteiger partial charge in [0.1, 0.15) is 16.6 Å². The third-order valence-electron chi connectivity index (χ3n) is 2.45. The van der Waals surface area contributed by atoms with Crippen LogP contribution < -0.4 is 15.2 Å². The summed E-state index contributed by atoms with van der Waals surface area (Å²) in [6.07, 6.45) is 0. The molecule has 2 N–H and O–H groups in total. The quantitative estimate of drug-likeness (QED) is 0.923. The van der Waals surface area contributed by atoms with Crippen molar-refractivity contribution in [2.75, 3.05) is 20.0 Å². The lowest BCUT2D eigenvalue weighted by Gasteiger charge is -2.12. The summed E-state index contributed by atoms with van der Waals surface area (Å²) in [4.78, 5) is 0. The van der Waals surface area contributed by atoms with Crippen molar-refractivity contribution in [3.63, 3.8) is 0 Å². The van der Waals surface area contributed by atoms with Gasteiger partial charge in [-0.1, -0.05) is 11.6 Å². The molecule has 0 unspecified atom stereocenters. The maximum atomic E-state index is 6.17. The van der Waals surface area contributed by atoms with E-state index < -0.39 is 0 Å². The predicted octanol–water partition coefficient (Wildman–Crippen LogP) is 2.40. The minimum Gasteiger partial charge on any atom is -0.495 e. The Kier molecular flexibility index (Phi) is 3.53. The van der Waals surface area contributed by atoms with Crippen LogP contribution >= 0.6 is 11.6 Å². The van der Waals surface area contributed by atoms with E-state index in [0.717, 1.165) is 5.56 Å². The summed E-state index contributed by atoms with van der Waals surface area (Å²) >= 11 is 6.17. The van der Waals surface area contributed by atoms with Crippen LogP contribution in [0.1, 0.15) is 0 Å². The highest BCUT2D eigenvalue weighted by atomic mass is 35.5. The second-order valence-electron chi connectivity index (χ2n) is 3.51. The molecular formula is C12H12ClN3O2. The third-order valence-corrected chi connectivity index (χ3v) is 2.80. The fourth-order valence-electron chi connectivity index (χ4n) is 1.58. The zero-order chi connectivity index (χ0) is 13.1. The standard InChI is InChI=1S/C12H12ClN3O2/c1-17-9-5-3-7(12(18-2)11(9)13)8-4-6-10(14)16-15-8/h3-6H,1-2H3,(H2,14,16). The molecule has 0 aliphatic rings. The SMILES string of the molecule is COc1ccc(-c2ccc(N)nn2)c(OC)c1Cl. The molecule has 0 saturated carbocycles. The normalized spacial score (nSPS) is 10.2. The number of nitrogens with zero attached hydrogens (tertiary/aromatic N) is 2. The monoisotopic (exact) mass is 265 g/mol. The highest BCUT2D eigenvalue weighted by Gasteiger charge is 2.15. The first-order chi connectivity index (χ1) is 8.67. The minimum absolute atomic E-state index is 0.359. The number of benzene rings is 1. The Morgan fingerprint density at radius 1 is 1.06 bits per heavy atom. The number of methoxy groups -OCH3 is 2. The van der Waals surface area contributed by atoms with E-state index in [1.165, 1.54) is 7.11 Å². The van der Waals surface area contributed by atoms with E-state index >= 15 is 0 Å². The molecule has 1 aromatic heterocycles. The molecule has 0 saturated heterocycles. The van der Waals surface area contributed by atoms with Crippen molar-refractivity contribution in [1.29, 1.82) is 0 Å². The lowest BCUT2D eigenvalue weighted by atomic mass is 10.1. The molecule has 0 aliphatic heterocycles. The van der Waals surface area contributed by atoms with Gasteiger partial charge < -0.3 is 15.2 Å². The molecule has 0 bridgehead atoms. The highest BCUT2D eigenvalue weighted by molar-refractivity contribution is 6.34. The van der Waals surface area contributed by atoms with Crippen LogP contribution in [0.5, 0.6) is 11.5 Å². The van der Waals surface area contributed by atoms with E-state index in [2.05, 4.69) is 10.2 Å². The summed E-state index contributed by atoms with van der Waals surface area (Å²) in [5, 5.41) is 8.20. The number of hydrogen-bond acceptors (Lipinski definition) is 5. The number of hydrogen-bond donors (Lipinski definition) is 1. The number of rotatable bonds is 3. The molecule has 6 heteroatoms. The van der Waals surface area contributed by atoms with Gasteiger partial charge in [-0.05, 0) is 24.3 Å². The predicted molar refractivity (Wildman–Crippen MR) is 70.0 cm³/mol. The molecule has 0 atom stereocenters. The molecule has 0 spiro atoms. The first-order valence-electron chi connectivity index (χ1n) is 5.17. The molecule has 0 radical (unpaired) electrons. The highest BCUT2D eigenvalue weighted by Crippen LogP contribution is 2.40. The van der Waals surface area contributed by atoms with E-state index in [1.807, 2.05) is 6.07 Å². The number of aromatic nitrogens is 2. The Morgan fingerprint density at radius 2 is 1.83 bits per heavy atom. The molecule has 2 rings (SSSR count). The molecule has 5 nitrogen and oxygen atoms in total. The molecule has 0 aliphatic carbocycles. The van der Waals surface area contributed by atoms with Crippen LogP contribution in [-0.2, 0) is 0 Å². The summed E-state index contributed by atoms with van der Waals surface area (Å²) < 4.78 is 10.4. The maximum Gasteiger partial charge on any atom is 0.150 e. The van der Waals surface area contributed by atoms with Crippen LogP contribution in [-0.4, -0.2) is 24.4 Å². The lowest BCUT2D eigenvalue weighted by molar-refractivity contribution is 0.395. The van der Waals surface area contributed by atoms with Gasteiger partial charge in [0.25, 0.3) is 0 Å². The van der Waals surface area contributed by atoms with Crippen molar-refractivity contribution in [2.45, 2.75) is 0 Å². The number of anilines is 1. The second-order valence-corrected chi connectivity index (χ2v) is 3.88. The van der Waals surface area contributed by atoms with Crippen molar-refractivity contribution < 1.29 is 9.47 Å². The zero-order valence-electron chi connectivity index (χ0n) is 9.98. The summed E-state index contributed by atoms with van der Waals surface area (Å²) in [6.45, 7) is 0. The van der Waals surface area contributed by atoms with Gasteiger partial charge in [-0.15, -0.1) is 10.2 Å². The van der Waals surface area contributed by atoms with Gasteiger partial charge in [0, 0.05) is 5.56 Å². The van der Waals surface area contributed by atoms with Gasteiger partial charge in [0.05, 0.1) is 19.9 Å². The summed E-state index contributed by atoms with van der Waals surface area (Å²) in [5.74, 6) is 1.40. The van der Waals surface area contributed by atoms with Crippen LogP contribution in [0.15, 0.2) is 24.3 Å². The molecule has 0 amide bonds. The summed E-state index contributed by atoms with van der Waals surface area (Å²) in [5.41, 5.74) is 6.86. The Morgan fingerprint density at radius 3 is 2.39 bits per heavy atom. The van der Waals surface area contributed by atoms with Crippen LogP contribution in [0.25, 0.3) is 11.3 Å². The van der Waals surface area contributed by atoms with Gasteiger partial charge in [0.2, 0.25) is 0 Å². The van der Waals surface area contributed by atoms with E-state index in [1.54, 1.807) is 25.3 Å². The van der Waals surface area contributed by atoms with E-state index in [0.29, 0.717) is 28.0 Å². The van der Waals surface area contributed by atoms with Gasteiger partial charge in [-0.3, -0.25) is 0 Å². The van der Waals surface area contributed by atoms with E-state index in [9.17, 15) is 0 Å². The average Bonchev–Trinajstić information content (AvgIpc) is 2.39. The molecule has 2 aromatic rings. The maximum absolute atomic E-state index is 6.17. The third kappa shape index (κ3) is 2.17. The number of nitrogens with two attached hydrogens (primary N) is 1. The largest absolute Gasteiger partial charge is 0.495 e. The fraction of sp³-hybridized carbons (Fsp3) is 0.167. The Hall–Kier alpha value is -2.01. The first kappa shape index (κ1) is 12.4. The average molecular weight is 266 g/mol. The van der Waals surface area contributed by atoms with Crippen molar-refractivity contribution in [1.82, 2.24) is 10.2 Å². The summed E-state index contributed by atoms with van der Waals surface area (Å²) in [6, 6.07) is 6.98. The van der Waals surface area contributed by atoms with E-state index in [-0.39, 0.29) is 0 Å². The van der Waals surface area contributed by atoms with Crippen LogP contribution in [0.4, 0.5) is 5.82 Å². The molecule has 0 fully saturated rings. The molecule has 1 aromatic carbocycles. The van der Waals surface area contributed by atoms with Crippen molar-refractivity contribution in [2.24, 2.45) is 0 Å². The van der Waals surface area contributed by atoms with Gasteiger partial charge >= 0.3 is 0 Å². The number of ether oxygens (including phenoxy) is 2. The fourth-order valence-corrected chi connectivity index (χ4v) is 1.90. The lowest BCUT2D eigenvalue weighted by Crippen LogP contribution is -1.97. The number of nitrogen functional groups attached to an aromatic ring is 1. The smallest absolute Gasteiger partial charge is 0.150 e. The van der Waals surface area contributed by atoms with E-state index in [4.69, 9.17) is 26.8 Å². The molecular weight excluding hydrogens is 254 g/mol. The zero-order valence-corrected chi connectivity index (χ0v) is 10.7. The first-order valence-corrected chi connectivity index (χ1v) is 5.55. The van der Waals surface area contributed by atoms with Crippen LogP contribution in [0.3, 0.4) is 0 Å². The Labute approximate surface area is 109 Å². The van der Waals surface area contributed by atoms with Crippen LogP contribution in [0.2, 0.25) is 5.02 Å². The number of halogens is 1. The van der Waals surface area contributed by atoms with Gasteiger partial charge in [-0.25, -0.2) is 0 Å². The van der Waals surface area contributed by atoms with Crippen LogP contribution in [0, 0.1) is 0 Å². The topological polar surface area (TPSA) is 70.3 Å². The van der Waals surface area contributed by atoms with Crippen molar-refractivity contribution in [3.05, 3.63) is 29.3 Å². The summed E-state index contributed by atoms with van der Waals surface area (Å²) in [7, 11) is 3.08. The van der Waals surface area contributed by atoms with Gasteiger partial charge in [0.15, 0.2) is 5.75 Å². The Bertz CT molecular complexity index is 558. The molecule has 94 valence electrons. The minimum atomic E-state index is 0.359. The molecule has 18 heavy (non-hydrogen) atoms. The van der Waals surface area contributed by atoms with Crippen molar-refractivity contribution in [3.8, 4) is 22.8 Å².